The Bertz CT molecular complexity index is 1250. The number of rotatable bonds is 14. The average molecular weight is 566 g/mol. The van der Waals surface area contributed by atoms with Gasteiger partial charge in [0.25, 0.3) is 0 Å². The maximum absolute atomic E-state index is 10.8. The van der Waals surface area contributed by atoms with Crippen molar-refractivity contribution >= 4 is 0 Å². The fourth-order valence-corrected chi connectivity index (χ4v) is 4.46. The molecule has 0 aliphatic carbocycles. The first-order valence-corrected chi connectivity index (χ1v) is 13.1. The Hall–Kier alpha value is -3.83. The molecule has 1 aliphatic rings. The Labute approximate surface area is 239 Å². The molecule has 3 aromatic carbocycles. The summed E-state index contributed by atoms with van der Waals surface area (Å²) in [5, 5.41) is 14.6. The minimum Gasteiger partial charge on any atom is -0.497 e. The molecule has 5 atom stereocenters. The first kappa shape index (κ1) is 30.1. The van der Waals surface area contributed by atoms with Gasteiger partial charge in [0, 0.05) is 4.91 Å². The number of hydrogen-bond acceptors (Lipinski definition) is 9. The average Bonchev–Trinajstić information content (AvgIpc) is 3.01. The van der Waals surface area contributed by atoms with Crippen LogP contribution in [0.5, 0.6) is 17.2 Å². The number of aliphatic hydroxyl groups is 1. The number of hydrogen-bond donors (Lipinski definition) is 1. The van der Waals surface area contributed by atoms with Crippen LogP contribution in [0.3, 0.4) is 0 Å². The lowest BCUT2D eigenvalue weighted by molar-refractivity contribution is -0.273. The zero-order valence-corrected chi connectivity index (χ0v) is 23.3. The molecule has 1 N–H and O–H groups in total. The summed E-state index contributed by atoms with van der Waals surface area (Å²) in [5.41, 5.74) is 11.9. The molecule has 4 rings (SSSR count). The Morgan fingerprint density at radius 3 is 1.59 bits per heavy atom. The van der Waals surface area contributed by atoms with Crippen LogP contribution in [0, 0.1) is 0 Å². The highest BCUT2D eigenvalue weighted by Crippen LogP contribution is 2.30. The second-order valence-corrected chi connectivity index (χ2v) is 9.37. The van der Waals surface area contributed by atoms with Crippen molar-refractivity contribution in [3.05, 3.63) is 99.9 Å². The van der Waals surface area contributed by atoms with E-state index in [0.717, 1.165) is 33.9 Å². The summed E-state index contributed by atoms with van der Waals surface area (Å²) >= 11 is 0. The van der Waals surface area contributed by atoms with Crippen molar-refractivity contribution in [3.8, 4) is 17.2 Å². The molecule has 1 unspecified atom stereocenters. The van der Waals surface area contributed by atoms with Gasteiger partial charge in [-0.15, -0.1) is 0 Å². The first-order chi connectivity index (χ1) is 20.0. The van der Waals surface area contributed by atoms with E-state index in [1.54, 1.807) is 21.3 Å². The summed E-state index contributed by atoms with van der Waals surface area (Å²) in [6.07, 6.45) is -3.69. The molecule has 1 aliphatic heterocycles. The number of methoxy groups -OCH3 is 3. The molecule has 41 heavy (non-hydrogen) atoms. The van der Waals surface area contributed by atoms with E-state index in [1.165, 1.54) is 0 Å². The largest absolute Gasteiger partial charge is 0.497 e. The molecule has 3 aromatic rings. The van der Waals surface area contributed by atoms with Crippen LogP contribution in [-0.2, 0) is 38.8 Å². The summed E-state index contributed by atoms with van der Waals surface area (Å²) in [6.45, 7) is 0.805. The van der Waals surface area contributed by atoms with Gasteiger partial charge in [-0.1, -0.05) is 41.5 Å². The van der Waals surface area contributed by atoms with E-state index in [0.29, 0.717) is 6.61 Å². The maximum atomic E-state index is 10.8. The highest BCUT2D eigenvalue weighted by atomic mass is 16.7. The fourth-order valence-electron chi connectivity index (χ4n) is 4.46. The van der Waals surface area contributed by atoms with E-state index in [9.17, 15) is 10.6 Å². The Kier molecular flexibility index (Phi) is 11.2. The van der Waals surface area contributed by atoms with Crippen LogP contribution in [0.4, 0.5) is 0 Å². The molecule has 218 valence electrons. The van der Waals surface area contributed by atoms with Gasteiger partial charge >= 0.3 is 0 Å². The number of nitrogens with zero attached hydrogens (tertiary/aromatic N) is 3. The van der Waals surface area contributed by atoms with Gasteiger partial charge in [-0.05, 0) is 58.6 Å². The van der Waals surface area contributed by atoms with Crippen molar-refractivity contribution in [3.63, 3.8) is 0 Å². The third-order valence-corrected chi connectivity index (χ3v) is 6.73. The molecule has 0 saturated carbocycles. The van der Waals surface area contributed by atoms with Gasteiger partial charge in [0.15, 0.2) is 6.29 Å². The van der Waals surface area contributed by atoms with E-state index in [2.05, 4.69) is 10.0 Å². The third-order valence-electron chi connectivity index (χ3n) is 6.73. The van der Waals surface area contributed by atoms with E-state index in [1.807, 2.05) is 72.8 Å². The van der Waals surface area contributed by atoms with E-state index in [4.69, 9.17) is 33.2 Å². The quantitative estimate of drug-likeness (QED) is 0.167. The van der Waals surface area contributed by atoms with E-state index in [-0.39, 0.29) is 19.8 Å². The Morgan fingerprint density at radius 2 is 1.15 bits per heavy atom. The number of benzene rings is 3. The highest BCUT2D eigenvalue weighted by molar-refractivity contribution is 5.28. The molecule has 1 heterocycles. The van der Waals surface area contributed by atoms with Crippen LogP contribution in [0.2, 0.25) is 0 Å². The van der Waals surface area contributed by atoms with Gasteiger partial charge in [0.1, 0.15) is 41.6 Å². The number of azide groups is 1. The summed E-state index contributed by atoms with van der Waals surface area (Å²) in [4.78, 5) is 2.93. The van der Waals surface area contributed by atoms with Crippen LogP contribution in [-0.4, -0.2) is 63.7 Å². The fraction of sp³-hybridized carbons (Fsp3) is 0.400. The van der Waals surface area contributed by atoms with Gasteiger partial charge in [-0.25, -0.2) is 0 Å². The molecule has 11 heteroatoms. The zero-order valence-electron chi connectivity index (χ0n) is 23.3. The summed E-state index contributed by atoms with van der Waals surface area (Å²) in [7, 11) is 4.81. The lowest BCUT2D eigenvalue weighted by Crippen LogP contribution is -2.59. The molecular weight excluding hydrogens is 530 g/mol. The monoisotopic (exact) mass is 565 g/mol. The lowest BCUT2D eigenvalue weighted by Gasteiger charge is -2.43. The summed E-state index contributed by atoms with van der Waals surface area (Å²) < 4.78 is 40.2. The van der Waals surface area contributed by atoms with Gasteiger partial charge in [0.2, 0.25) is 0 Å². The smallest absolute Gasteiger partial charge is 0.166 e. The van der Waals surface area contributed by atoms with Crippen molar-refractivity contribution in [2.24, 2.45) is 5.11 Å². The molecule has 0 aromatic heterocycles. The highest BCUT2D eigenvalue weighted by Gasteiger charge is 2.47. The number of aliphatic hydroxyl groups excluding tert-OH is 1. The molecule has 0 spiro atoms. The van der Waals surface area contributed by atoms with Crippen molar-refractivity contribution < 1.29 is 38.3 Å². The molecule has 1 fully saturated rings. The Morgan fingerprint density at radius 1 is 0.707 bits per heavy atom. The van der Waals surface area contributed by atoms with E-state index >= 15 is 0 Å². The second-order valence-electron chi connectivity index (χ2n) is 9.37. The zero-order chi connectivity index (χ0) is 29.0. The molecule has 0 radical (unpaired) electrons. The van der Waals surface area contributed by atoms with Gasteiger partial charge in [0.05, 0.1) is 47.8 Å². The van der Waals surface area contributed by atoms with Crippen LogP contribution >= 0.6 is 0 Å². The lowest BCUT2D eigenvalue weighted by atomic mass is 9.96. The standard InChI is InChI=1S/C30H35N3O8/c1-35-23-10-4-20(5-11-23)16-38-19-26-28(39-17-21-6-12-24(36-2)13-7-21)29(27(32-33-31)30(34)41-26)40-18-22-8-14-25(37-3)15-9-22/h4-15,26-30,34H,16-19H2,1-3H3/t26-,27-,28-,29-,30?/m1/s1. The van der Waals surface area contributed by atoms with Crippen molar-refractivity contribution in [2.75, 3.05) is 27.9 Å². The minimum atomic E-state index is -1.41. The third kappa shape index (κ3) is 8.34. The predicted octanol–water partition coefficient (Wildman–Crippen LogP) is 4.80. The summed E-state index contributed by atoms with van der Waals surface area (Å²) in [6, 6.07) is 21.4. The minimum absolute atomic E-state index is 0.0990. The van der Waals surface area contributed by atoms with Gasteiger partial charge < -0.3 is 38.3 Å². The predicted molar refractivity (Wildman–Crippen MR) is 150 cm³/mol. The van der Waals surface area contributed by atoms with Crippen molar-refractivity contribution in [1.82, 2.24) is 0 Å². The Balaban J connectivity index is 1.52. The van der Waals surface area contributed by atoms with Crippen molar-refractivity contribution in [1.29, 1.82) is 0 Å². The van der Waals surface area contributed by atoms with E-state index < -0.39 is 30.6 Å². The summed E-state index contributed by atoms with van der Waals surface area (Å²) in [5.74, 6) is 2.20. The van der Waals surface area contributed by atoms with Crippen LogP contribution in [0.15, 0.2) is 77.9 Å². The van der Waals surface area contributed by atoms with Crippen LogP contribution < -0.4 is 14.2 Å². The van der Waals surface area contributed by atoms with Crippen LogP contribution in [0.25, 0.3) is 10.4 Å². The molecular formula is C30H35N3O8. The maximum Gasteiger partial charge on any atom is 0.166 e. The molecule has 11 nitrogen and oxygen atoms in total. The van der Waals surface area contributed by atoms with Gasteiger partial charge in [-0.2, -0.15) is 0 Å². The van der Waals surface area contributed by atoms with Crippen LogP contribution in [0.1, 0.15) is 16.7 Å². The topological polar surface area (TPSA) is 134 Å². The first-order valence-electron chi connectivity index (χ1n) is 13.1. The second kappa shape index (κ2) is 15.2. The normalized spacial score (nSPS) is 22.0. The molecule has 0 bridgehead atoms. The van der Waals surface area contributed by atoms with Crippen molar-refractivity contribution in [2.45, 2.75) is 50.5 Å². The van der Waals surface area contributed by atoms with Gasteiger partial charge in [-0.3, -0.25) is 0 Å². The SMILES string of the molecule is COc1ccc(COC[C@H]2OC(O)[C@H](N=[N+]=[N-])[C@@H](OCc3ccc(OC)cc3)[C@@H]2OCc2ccc(OC)cc2)cc1. The molecule has 1 saturated heterocycles. The molecule has 0 amide bonds. The number of ether oxygens (including phenoxy) is 7.